The third-order valence-corrected chi connectivity index (χ3v) is 4.15. The smallest absolute Gasteiger partial charge is 0.224 e. The van der Waals surface area contributed by atoms with Gasteiger partial charge in [0, 0.05) is 23.3 Å². The largest absolute Gasteiger partial charge is 0.493 e. The number of hydrogen-bond acceptors (Lipinski definition) is 4. The first-order valence-electron chi connectivity index (χ1n) is 7.07. The maximum atomic E-state index is 13.4. The molecule has 2 aromatic heterocycles. The standard InChI is InChI=1S/C16H11ClFN3O2/c17-16-20-6-12-11(5-19-15(12)21-16)14(22)9-3-8-4-10(18)1-2-13(8)23-7-9/h1-2,4-6,9H,3,7H2,(H,19,20,21)/t9-/m0/s1. The summed E-state index contributed by atoms with van der Waals surface area (Å²) in [6, 6.07) is 4.35. The highest BCUT2D eigenvalue weighted by Crippen LogP contribution is 2.30. The van der Waals surface area contributed by atoms with Gasteiger partial charge in [0.25, 0.3) is 0 Å². The van der Waals surface area contributed by atoms with Gasteiger partial charge in [-0.05, 0) is 41.8 Å². The molecular weight excluding hydrogens is 321 g/mol. The van der Waals surface area contributed by atoms with Crippen LogP contribution in [-0.4, -0.2) is 27.3 Å². The van der Waals surface area contributed by atoms with Gasteiger partial charge in [-0.15, -0.1) is 0 Å². The number of rotatable bonds is 2. The van der Waals surface area contributed by atoms with Crippen molar-refractivity contribution in [3.63, 3.8) is 0 Å². The van der Waals surface area contributed by atoms with E-state index in [1.165, 1.54) is 18.3 Å². The number of hydrogen-bond donors (Lipinski definition) is 1. The maximum absolute atomic E-state index is 13.4. The van der Waals surface area contributed by atoms with E-state index in [9.17, 15) is 9.18 Å². The summed E-state index contributed by atoms with van der Waals surface area (Å²) >= 11 is 5.74. The van der Waals surface area contributed by atoms with Gasteiger partial charge in [-0.2, -0.15) is 4.98 Å². The van der Waals surface area contributed by atoms with Gasteiger partial charge < -0.3 is 9.72 Å². The fourth-order valence-corrected chi connectivity index (χ4v) is 2.97. The molecule has 5 nitrogen and oxygen atoms in total. The molecule has 0 aliphatic carbocycles. The van der Waals surface area contributed by atoms with E-state index in [4.69, 9.17) is 16.3 Å². The Morgan fingerprint density at radius 2 is 2.30 bits per heavy atom. The molecule has 1 N–H and O–H groups in total. The van der Waals surface area contributed by atoms with Crippen molar-refractivity contribution < 1.29 is 13.9 Å². The molecule has 0 fully saturated rings. The van der Waals surface area contributed by atoms with Gasteiger partial charge in [0.2, 0.25) is 5.28 Å². The van der Waals surface area contributed by atoms with Gasteiger partial charge in [0.15, 0.2) is 5.78 Å². The second-order valence-corrected chi connectivity index (χ2v) is 5.77. The molecular formula is C16H11ClFN3O2. The molecule has 23 heavy (non-hydrogen) atoms. The molecule has 0 saturated carbocycles. The number of fused-ring (bicyclic) bond motifs is 2. The molecule has 3 heterocycles. The van der Waals surface area contributed by atoms with Gasteiger partial charge in [0.1, 0.15) is 17.2 Å². The molecule has 1 aromatic carbocycles. The molecule has 0 amide bonds. The predicted octanol–water partition coefficient (Wildman–Crippen LogP) is 3.18. The number of nitrogens with zero attached hydrogens (tertiary/aromatic N) is 2. The molecule has 0 unspecified atom stereocenters. The SMILES string of the molecule is O=C(c1c[nH]c2nc(Cl)ncc12)[C@@H]1COc2ccc(F)cc2C1. The van der Waals surface area contributed by atoms with E-state index in [0.717, 1.165) is 0 Å². The van der Waals surface area contributed by atoms with Crippen LogP contribution >= 0.6 is 11.6 Å². The van der Waals surface area contributed by atoms with Gasteiger partial charge in [-0.3, -0.25) is 4.79 Å². The lowest BCUT2D eigenvalue weighted by atomic mass is 9.90. The summed E-state index contributed by atoms with van der Waals surface area (Å²) in [7, 11) is 0. The number of aromatic nitrogens is 3. The number of benzene rings is 1. The Balaban J connectivity index is 1.66. The number of Topliss-reactive ketones (excluding diaryl/α,β-unsaturated/α-hetero) is 1. The molecule has 3 aromatic rings. The predicted molar refractivity (Wildman–Crippen MR) is 82.3 cm³/mol. The summed E-state index contributed by atoms with van der Waals surface area (Å²) in [4.78, 5) is 23.6. The molecule has 0 radical (unpaired) electrons. The summed E-state index contributed by atoms with van der Waals surface area (Å²) in [5.41, 5.74) is 1.70. The monoisotopic (exact) mass is 331 g/mol. The number of carbonyl (C=O) groups excluding carboxylic acids is 1. The van der Waals surface area contributed by atoms with Crippen LogP contribution in [0.5, 0.6) is 5.75 Å². The summed E-state index contributed by atoms with van der Waals surface area (Å²) in [6.07, 6.45) is 3.55. The van der Waals surface area contributed by atoms with Gasteiger partial charge >= 0.3 is 0 Å². The average molecular weight is 332 g/mol. The zero-order valence-corrected chi connectivity index (χ0v) is 12.6. The first-order valence-corrected chi connectivity index (χ1v) is 7.44. The highest BCUT2D eigenvalue weighted by atomic mass is 35.5. The van der Waals surface area contributed by atoms with E-state index in [1.807, 2.05) is 0 Å². The lowest BCUT2D eigenvalue weighted by molar-refractivity contribution is 0.0856. The van der Waals surface area contributed by atoms with Crippen molar-refractivity contribution >= 4 is 28.4 Å². The summed E-state index contributed by atoms with van der Waals surface area (Å²) < 4.78 is 19.0. The Bertz CT molecular complexity index is 925. The number of nitrogens with one attached hydrogen (secondary N) is 1. The minimum atomic E-state index is -0.376. The Morgan fingerprint density at radius 3 is 3.17 bits per heavy atom. The summed E-state index contributed by atoms with van der Waals surface area (Å²) in [5, 5.41) is 0.730. The fraction of sp³-hybridized carbons (Fsp3) is 0.188. The topological polar surface area (TPSA) is 67.9 Å². The summed E-state index contributed by atoms with van der Waals surface area (Å²) in [5.74, 6) is -0.170. The lowest BCUT2D eigenvalue weighted by Crippen LogP contribution is -2.28. The van der Waals surface area contributed by atoms with Crippen LogP contribution in [0.25, 0.3) is 11.0 Å². The molecule has 1 aliphatic rings. The van der Waals surface area contributed by atoms with Gasteiger partial charge in [0.05, 0.1) is 12.5 Å². The number of ketones is 1. The Labute approximate surface area is 135 Å². The van der Waals surface area contributed by atoms with Crippen LogP contribution in [0.2, 0.25) is 5.28 Å². The van der Waals surface area contributed by atoms with Crippen LogP contribution in [0.15, 0.2) is 30.6 Å². The molecule has 116 valence electrons. The van der Waals surface area contributed by atoms with Crippen molar-refractivity contribution in [1.82, 2.24) is 15.0 Å². The van der Waals surface area contributed by atoms with E-state index >= 15 is 0 Å². The zero-order chi connectivity index (χ0) is 16.0. The van der Waals surface area contributed by atoms with Crippen molar-refractivity contribution in [1.29, 1.82) is 0 Å². The Kier molecular flexibility index (Phi) is 3.27. The van der Waals surface area contributed by atoms with E-state index < -0.39 is 0 Å². The van der Waals surface area contributed by atoms with Crippen molar-refractivity contribution in [2.45, 2.75) is 6.42 Å². The number of aromatic amines is 1. The molecule has 7 heteroatoms. The quantitative estimate of drug-likeness (QED) is 0.578. The van der Waals surface area contributed by atoms with Crippen molar-refractivity contribution in [2.24, 2.45) is 5.92 Å². The van der Waals surface area contributed by atoms with Crippen molar-refractivity contribution in [2.75, 3.05) is 6.61 Å². The fourth-order valence-electron chi connectivity index (χ4n) is 2.84. The minimum Gasteiger partial charge on any atom is -0.493 e. The first kappa shape index (κ1) is 14.1. The van der Waals surface area contributed by atoms with Crippen LogP contribution in [0, 0.1) is 11.7 Å². The maximum Gasteiger partial charge on any atom is 0.224 e. The van der Waals surface area contributed by atoms with E-state index in [1.54, 1.807) is 12.3 Å². The third kappa shape index (κ3) is 2.45. The number of H-pyrrole nitrogens is 1. The number of carbonyl (C=O) groups is 1. The highest BCUT2D eigenvalue weighted by molar-refractivity contribution is 6.28. The second-order valence-electron chi connectivity index (χ2n) is 5.43. The number of halogens is 2. The van der Waals surface area contributed by atoms with E-state index in [2.05, 4.69) is 15.0 Å². The van der Waals surface area contributed by atoms with E-state index in [0.29, 0.717) is 34.3 Å². The second kappa shape index (κ2) is 5.31. The Morgan fingerprint density at radius 1 is 1.43 bits per heavy atom. The minimum absolute atomic E-state index is 0.0860. The molecule has 1 aliphatic heterocycles. The number of ether oxygens (including phenoxy) is 1. The third-order valence-electron chi connectivity index (χ3n) is 3.97. The van der Waals surface area contributed by atoms with Gasteiger partial charge in [-0.25, -0.2) is 9.37 Å². The average Bonchev–Trinajstić information content (AvgIpc) is 2.96. The van der Waals surface area contributed by atoms with Crippen molar-refractivity contribution in [3.8, 4) is 5.75 Å². The van der Waals surface area contributed by atoms with E-state index in [-0.39, 0.29) is 29.4 Å². The lowest BCUT2D eigenvalue weighted by Gasteiger charge is -2.24. The van der Waals surface area contributed by atoms with Crippen LogP contribution in [0.3, 0.4) is 0 Å². The van der Waals surface area contributed by atoms with Gasteiger partial charge in [-0.1, -0.05) is 0 Å². The molecule has 1 atom stereocenters. The van der Waals surface area contributed by atoms with Crippen LogP contribution in [0.1, 0.15) is 15.9 Å². The van der Waals surface area contributed by atoms with Crippen molar-refractivity contribution in [3.05, 3.63) is 52.8 Å². The summed E-state index contributed by atoms with van der Waals surface area (Å²) in [6.45, 7) is 0.262. The molecule has 0 bridgehead atoms. The molecule has 4 rings (SSSR count). The Hall–Kier alpha value is -2.47. The molecule has 0 saturated heterocycles. The first-order chi connectivity index (χ1) is 11.1. The normalized spacial score (nSPS) is 16.9. The highest BCUT2D eigenvalue weighted by Gasteiger charge is 2.29. The molecule has 0 spiro atoms. The van der Waals surface area contributed by atoms with Crippen LogP contribution in [-0.2, 0) is 6.42 Å². The van der Waals surface area contributed by atoms with Crippen LogP contribution in [0.4, 0.5) is 4.39 Å². The van der Waals surface area contributed by atoms with Crippen LogP contribution < -0.4 is 4.74 Å². The zero-order valence-electron chi connectivity index (χ0n) is 11.8.